The molecule has 1 aromatic carbocycles. The van der Waals surface area contributed by atoms with Crippen molar-refractivity contribution < 1.29 is 14.2 Å². The van der Waals surface area contributed by atoms with Crippen LogP contribution in [-0.4, -0.2) is 32.4 Å². The van der Waals surface area contributed by atoms with Crippen molar-refractivity contribution in [2.24, 2.45) is 0 Å². The van der Waals surface area contributed by atoms with Crippen LogP contribution in [0.25, 0.3) is 0 Å². The number of nitrogens with one attached hydrogen (secondary N) is 1. The standard InChI is InChI=1S/C16H23NO3/c1-3-8-19-12-4-5-13-14(9-12)20-16(6-7-17-11-16)10-15(13)18-2/h4-5,9,15,17H,3,6-8,10-11H2,1-2H3. The first-order valence-electron chi connectivity index (χ1n) is 7.45. The van der Waals surface area contributed by atoms with E-state index >= 15 is 0 Å². The normalized spacial score (nSPS) is 28.2. The van der Waals surface area contributed by atoms with Crippen LogP contribution >= 0.6 is 0 Å². The van der Waals surface area contributed by atoms with Crippen molar-refractivity contribution in [2.75, 3.05) is 26.8 Å². The molecule has 4 nitrogen and oxygen atoms in total. The monoisotopic (exact) mass is 277 g/mol. The highest BCUT2D eigenvalue weighted by molar-refractivity contribution is 5.44. The Kier molecular flexibility index (Phi) is 3.85. The highest BCUT2D eigenvalue weighted by Gasteiger charge is 2.43. The molecule has 2 unspecified atom stereocenters. The van der Waals surface area contributed by atoms with Crippen molar-refractivity contribution in [1.82, 2.24) is 5.32 Å². The van der Waals surface area contributed by atoms with Crippen LogP contribution in [0.1, 0.15) is 37.9 Å². The minimum atomic E-state index is -0.114. The maximum atomic E-state index is 6.31. The lowest BCUT2D eigenvalue weighted by molar-refractivity contribution is -0.0204. The van der Waals surface area contributed by atoms with Gasteiger partial charge < -0.3 is 19.5 Å². The first-order valence-corrected chi connectivity index (χ1v) is 7.45. The van der Waals surface area contributed by atoms with E-state index in [0.29, 0.717) is 0 Å². The van der Waals surface area contributed by atoms with E-state index in [2.05, 4.69) is 18.3 Å². The second-order valence-electron chi connectivity index (χ2n) is 5.69. The number of methoxy groups -OCH3 is 1. The second kappa shape index (κ2) is 5.62. The molecule has 110 valence electrons. The molecule has 2 aliphatic heterocycles. The Morgan fingerprint density at radius 3 is 3.05 bits per heavy atom. The molecule has 1 spiro atoms. The molecule has 1 saturated heterocycles. The highest BCUT2D eigenvalue weighted by atomic mass is 16.5. The first-order chi connectivity index (χ1) is 9.76. The topological polar surface area (TPSA) is 39.7 Å². The molecule has 0 aliphatic carbocycles. The molecule has 2 heterocycles. The fourth-order valence-electron chi connectivity index (χ4n) is 3.09. The Bertz CT molecular complexity index is 469. The van der Waals surface area contributed by atoms with Gasteiger partial charge in [0.1, 0.15) is 17.1 Å². The van der Waals surface area contributed by atoms with Gasteiger partial charge in [0.25, 0.3) is 0 Å². The molecular formula is C16H23NO3. The van der Waals surface area contributed by atoms with E-state index in [-0.39, 0.29) is 11.7 Å². The molecule has 1 fully saturated rings. The summed E-state index contributed by atoms with van der Waals surface area (Å²) in [6, 6.07) is 6.09. The SMILES string of the molecule is CCCOc1ccc2c(c1)OC1(CCNC1)CC2OC. The zero-order chi connectivity index (χ0) is 14.0. The number of hydrogen-bond donors (Lipinski definition) is 1. The number of fused-ring (bicyclic) bond motifs is 1. The summed E-state index contributed by atoms with van der Waals surface area (Å²) in [7, 11) is 1.78. The van der Waals surface area contributed by atoms with Crippen LogP contribution < -0.4 is 14.8 Å². The summed E-state index contributed by atoms with van der Waals surface area (Å²) in [5.74, 6) is 1.80. The summed E-state index contributed by atoms with van der Waals surface area (Å²) in [5, 5.41) is 3.40. The smallest absolute Gasteiger partial charge is 0.129 e. The van der Waals surface area contributed by atoms with Gasteiger partial charge >= 0.3 is 0 Å². The summed E-state index contributed by atoms with van der Waals surface area (Å²) >= 11 is 0. The molecule has 1 N–H and O–H groups in total. The Labute approximate surface area is 120 Å². The summed E-state index contributed by atoms with van der Waals surface area (Å²) in [6.45, 7) is 4.75. The quantitative estimate of drug-likeness (QED) is 0.918. The molecule has 3 rings (SSSR count). The second-order valence-corrected chi connectivity index (χ2v) is 5.69. The van der Waals surface area contributed by atoms with Gasteiger partial charge in [0.2, 0.25) is 0 Å². The zero-order valence-corrected chi connectivity index (χ0v) is 12.3. The Hall–Kier alpha value is -1.26. The van der Waals surface area contributed by atoms with Gasteiger partial charge in [-0.05, 0) is 25.1 Å². The fraction of sp³-hybridized carbons (Fsp3) is 0.625. The van der Waals surface area contributed by atoms with Gasteiger partial charge in [-0.2, -0.15) is 0 Å². The van der Waals surface area contributed by atoms with Crippen LogP contribution in [-0.2, 0) is 4.74 Å². The number of hydrogen-bond acceptors (Lipinski definition) is 4. The predicted molar refractivity (Wildman–Crippen MR) is 77.4 cm³/mol. The summed E-state index contributed by atoms with van der Waals surface area (Å²) in [4.78, 5) is 0. The Morgan fingerprint density at radius 2 is 2.35 bits per heavy atom. The van der Waals surface area contributed by atoms with Crippen LogP contribution in [0.4, 0.5) is 0 Å². The van der Waals surface area contributed by atoms with Gasteiger partial charge in [0, 0.05) is 38.1 Å². The third-order valence-electron chi connectivity index (χ3n) is 4.18. The van der Waals surface area contributed by atoms with E-state index in [9.17, 15) is 0 Å². The van der Waals surface area contributed by atoms with Gasteiger partial charge in [-0.3, -0.25) is 0 Å². The van der Waals surface area contributed by atoms with Crippen molar-refractivity contribution in [2.45, 2.75) is 37.9 Å². The van der Waals surface area contributed by atoms with Gasteiger partial charge in [-0.25, -0.2) is 0 Å². The minimum Gasteiger partial charge on any atom is -0.493 e. The van der Waals surface area contributed by atoms with Gasteiger partial charge in [-0.1, -0.05) is 6.92 Å². The van der Waals surface area contributed by atoms with Crippen LogP contribution in [0, 0.1) is 0 Å². The summed E-state index contributed by atoms with van der Waals surface area (Å²) < 4.78 is 17.7. The van der Waals surface area contributed by atoms with Crippen LogP contribution in [0.2, 0.25) is 0 Å². The lowest BCUT2D eigenvalue weighted by Crippen LogP contribution is -2.43. The highest BCUT2D eigenvalue weighted by Crippen LogP contribution is 2.44. The number of ether oxygens (including phenoxy) is 3. The van der Waals surface area contributed by atoms with E-state index in [1.165, 1.54) is 0 Å². The van der Waals surface area contributed by atoms with Gasteiger partial charge in [0.05, 0.1) is 12.7 Å². The van der Waals surface area contributed by atoms with E-state index in [4.69, 9.17) is 14.2 Å². The lowest BCUT2D eigenvalue weighted by Gasteiger charge is -2.39. The third kappa shape index (κ3) is 2.50. The Morgan fingerprint density at radius 1 is 1.45 bits per heavy atom. The van der Waals surface area contributed by atoms with Crippen LogP contribution in [0.15, 0.2) is 18.2 Å². The molecular weight excluding hydrogens is 254 g/mol. The molecule has 0 saturated carbocycles. The average molecular weight is 277 g/mol. The molecule has 1 aromatic rings. The zero-order valence-electron chi connectivity index (χ0n) is 12.3. The third-order valence-corrected chi connectivity index (χ3v) is 4.18. The van der Waals surface area contributed by atoms with Crippen molar-refractivity contribution in [3.8, 4) is 11.5 Å². The minimum absolute atomic E-state index is 0.110. The number of benzene rings is 1. The first kappa shape index (κ1) is 13.7. The van der Waals surface area contributed by atoms with E-state index in [1.54, 1.807) is 7.11 Å². The number of rotatable bonds is 4. The maximum Gasteiger partial charge on any atom is 0.129 e. The molecule has 0 bridgehead atoms. The maximum absolute atomic E-state index is 6.31. The molecule has 20 heavy (non-hydrogen) atoms. The van der Waals surface area contributed by atoms with Gasteiger partial charge in [-0.15, -0.1) is 0 Å². The largest absolute Gasteiger partial charge is 0.493 e. The summed E-state index contributed by atoms with van der Waals surface area (Å²) in [5.41, 5.74) is 1.02. The van der Waals surface area contributed by atoms with Crippen molar-refractivity contribution >= 4 is 0 Å². The van der Waals surface area contributed by atoms with Gasteiger partial charge in [0.15, 0.2) is 0 Å². The molecule has 4 heteroatoms. The molecule has 2 atom stereocenters. The Balaban J connectivity index is 1.88. The molecule has 0 radical (unpaired) electrons. The molecule has 0 aromatic heterocycles. The van der Waals surface area contributed by atoms with E-state index in [1.807, 2.05) is 12.1 Å². The summed E-state index contributed by atoms with van der Waals surface area (Å²) in [6.07, 6.45) is 3.07. The van der Waals surface area contributed by atoms with Crippen LogP contribution in [0.3, 0.4) is 0 Å². The van der Waals surface area contributed by atoms with Crippen molar-refractivity contribution in [3.05, 3.63) is 23.8 Å². The van der Waals surface area contributed by atoms with E-state index < -0.39 is 0 Å². The molecule has 2 aliphatic rings. The van der Waals surface area contributed by atoms with Crippen LogP contribution in [0.5, 0.6) is 11.5 Å². The van der Waals surface area contributed by atoms with E-state index in [0.717, 1.165) is 56.0 Å². The predicted octanol–water partition coefficient (Wildman–Crippen LogP) is 2.68. The van der Waals surface area contributed by atoms with Crippen molar-refractivity contribution in [1.29, 1.82) is 0 Å². The lowest BCUT2D eigenvalue weighted by atomic mass is 9.88. The fourth-order valence-corrected chi connectivity index (χ4v) is 3.09. The molecule has 0 amide bonds. The van der Waals surface area contributed by atoms with Crippen molar-refractivity contribution in [3.63, 3.8) is 0 Å². The average Bonchev–Trinajstić information content (AvgIpc) is 2.91.